The van der Waals surface area contributed by atoms with E-state index in [1.165, 1.54) is 11.8 Å². The molecule has 0 aliphatic rings. The Hall–Kier alpha value is -4.13. The zero-order valence-corrected chi connectivity index (χ0v) is 18.8. The van der Waals surface area contributed by atoms with Crippen LogP contribution in [0, 0.1) is 0 Å². The highest BCUT2D eigenvalue weighted by Gasteiger charge is 2.09. The van der Waals surface area contributed by atoms with Crippen molar-refractivity contribution in [3.05, 3.63) is 89.5 Å². The van der Waals surface area contributed by atoms with Crippen LogP contribution in [0.1, 0.15) is 41.3 Å². The number of esters is 1. The molecule has 0 heterocycles. The van der Waals surface area contributed by atoms with Crippen LogP contribution in [0.25, 0.3) is 0 Å². The van der Waals surface area contributed by atoms with Crippen molar-refractivity contribution in [2.75, 3.05) is 13.7 Å². The van der Waals surface area contributed by atoms with Gasteiger partial charge in [0.15, 0.2) is 6.61 Å². The zero-order chi connectivity index (χ0) is 23.6. The molecule has 7 heteroatoms. The lowest BCUT2D eigenvalue weighted by atomic mass is 10.0. The maximum absolute atomic E-state index is 12.2. The van der Waals surface area contributed by atoms with E-state index in [2.05, 4.69) is 24.4 Å². The van der Waals surface area contributed by atoms with Crippen LogP contribution in [0.5, 0.6) is 17.2 Å². The van der Waals surface area contributed by atoms with E-state index in [1.807, 2.05) is 24.3 Å². The summed E-state index contributed by atoms with van der Waals surface area (Å²) in [6, 6.07) is 21.0. The minimum absolute atomic E-state index is 0.140. The zero-order valence-electron chi connectivity index (χ0n) is 18.8. The predicted octanol–water partition coefficient (Wildman–Crippen LogP) is 4.57. The van der Waals surface area contributed by atoms with Gasteiger partial charge in [0.2, 0.25) is 0 Å². The molecule has 0 atom stereocenters. The molecule has 1 amide bonds. The highest BCUT2D eigenvalue weighted by atomic mass is 16.5. The standard InChI is InChI=1S/C26H26N2O5/c1-18(2)20-6-14-23(15-7-20)32-17-25(29)28-27-16-19-4-10-24(11-5-19)33-26(30)21-8-12-22(31-3)13-9-21/h4-16,18H,17H2,1-3H3,(H,28,29). The second-order valence-corrected chi connectivity index (χ2v) is 7.49. The smallest absolute Gasteiger partial charge is 0.343 e. The van der Waals surface area contributed by atoms with Crippen molar-refractivity contribution in [2.45, 2.75) is 19.8 Å². The third-order valence-electron chi connectivity index (χ3n) is 4.74. The lowest BCUT2D eigenvalue weighted by molar-refractivity contribution is -0.123. The molecule has 0 spiro atoms. The van der Waals surface area contributed by atoms with Crippen LogP contribution < -0.4 is 19.6 Å². The number of hydrogen-bond acceptors (Lipinski definition) is 6. The molecule has 0 unspecified atom stereocenters. The number of carbonyl (C=O) groups excluding carboxylic acids is 2. The molecule has 3 aromatic rings. The van der Waals surface area contributed by atoms with Crippen molar-refractivity contribution < 1.29 is 23.8 Å². The Kier molecular flexibility index (Phi) is 8.18. The lowest BCUT2D eigenvalue weighted by Gasteiger charge is -2.08. The minimum Gasteiger partial charge on any atom is -0.497 e. The molecular formula is C26H26N2O5. The van der Waals surface area contributed by atoms with Crippen LogP contribution in [-0.4, -0.2) is 31.8 Å². The van der Waals surface area contributed by atoms with Gasteiger partial charge in [-0.15, -0.1) is 0 Å². The fourth-order valence-electron chi connectivity index (χ4n) is 2.82. The van der Waals surface area contributed by atoms with Crippen molar-refractivity contribution in [3.8, 4) is 17.2 Å². The van der Waals surface area contributed by atoms with Gasteiger partial charge in [0.05, 0.1) is 18.9 Å². The number of methoxy groups -OCH3 is 1. The number of hydrogen-bond donors (Lipinski definition) is 1. The topological polar surface area (TPSA) is 86.2 Å². The summed E-state index contributed by atoms with van der Waals surface area (Å²) in [6.07, 6.45) is 1.49. The van der Waals surface area contributed by atoms with E-state index < -0.39 is 5.97 Å². The van der Waals surface area contributed by atoms with Crippen LogP contribution in [0.3, 0.4) is 0 Å². The second-order valence-electron chi connectivity index (χ2n) is 7.49. The average Bonchev–Trinajstić information content (AvgIpc) is 2.84. The first-order valence-electron chi connectivity index (χ1n) is 10.5. The lowest BCUT2D eigenvalue weighted by Crippen LogP contribution is -2.24. The summed E-state index contributed by atoms with van der Waals surface area (Å²) in [5.74, 6) is 1.28. The van der Waals surface area contributed by atoms with Crippen molar-refractivity contribution >= 4 is 18.1 Å². The molecule has 0 fully saturated rings. The first-order valence-corrected chi connectivity index (χ1v) is 10.5. The molecule has 0 saturated carbocycles. The maximum Gasteiger partial charge on any atom is 0.343 e. The summed E-state index contributed by atoms with van der Waals surface area (Å²) < 4.78 is 15.9. The average molecular weight is 447 g/mol. The number of benzene rings is 3. The first kappa shape index (κ1) is 23.5. The van der Waals surface area contributed by atoms with E-state index in [0.29, 0.717) is 28.7 Å². The van der Waals surface area contributed by atoms with Gasteiger partial charge in [0, 0.05) is 0 Å². The quantitative estimate of drug-likeness (QED) is 0.225. The Balaban J connectivity index is 1.44. The number of hydrazone groups is 1. The monoisotopic (exact) mass is 446 g/mol. The van der Waals surface area contributed by atoms with Crippen LogP contribution >= 0.6 is 0 Å². The van der Waals surface area contributed by atoms with Gasteiger partial charge in [-0.3, -0.25) is 4.79 Å². The molecule has 0 aromatic heterocycles. The molecule has 1 N–H and O–H groups in total. The summed E-state index contributed by atoms with van der Waals surface area (Å²) in [4.78, 5) is 24.1. The molecule has 0 aliphatic heterocycles. The number of nitrogens with zero attached hydrogens (tertiary/aromatic N) is 1. The van der Waals surface area contributed by atoms with Gasteiger partial charge in [0.25, 0.3) is 5.91 Å². The van der Waals surface area contributed by atoms with E-state index in [9.17, 15) is 9.59 Å². The third kappa shape index (κ3) is 7.21. The summed E-state index contributed by atoms with van der Waals surface area (Å²) in [5.41, 5.74) is 4.77. The van der Waals surface area contributed by atoms with Crippen molar-refractivity contribution in [2.24, 2.45) is 5.10 Å². The van der Waals surface area contributed by atoms with Gasteiger partial charge in [0.1, 0.15) is 17.2 Å². The molecule has 0 bridgehead atoms. The SMILES string of the molecule is COc1ccc(C(=O)Oc2ccc(C=NNC(=O)COc3ccc(C(C)C)cc3)cc2)cc1. The molecular weight excluding hydrogens is 420 g/mol. The fraction of sp³-hybridized carbons (Fsp3) is 0.192. The molecule has 0 radical (unpaired) electrons. The Bertz CT molecular complexity index is 1090. The van der Waals surface area contributed by atoms with Gasteiger partial charge in [-0.05, 0) is 77.7 Å². The van der Waals surface area contributed by atoms with Gasteiger partial charge >= 0.3 is 5.97 Å². The Morgan fingerprint density at radius 1 is 0.879 bits per heavy atom. The molecule has 7 nitrogen and oxygen atoms in total. The van der Waals surface area contributed by atoms with Crippen molar-refractivity contribution in [3.63, 3.8) is 0 Å². The molecule has 170 valence electrons. The second kappa shape index (κ2) is 11.5. The van der Waals surface area contributed by atoms with Crippen molar-refractivity contribution in [1.29, 1.82) is 0 Å². The van der Waals surface area contributed by atoms with Crippen molar-refractivity contribution in [1.82, 2.24) is 5.43 Å². The maximum atomic E-state index is 12.2. The van der Waals surface area contributed by atoms with E-state index in [4.69, 9.17) is 14.2 Å². The highest BCUT2D eigenvalue weighted by Crippen LogP contribution is 2.18. The predicted molar refractivity (Wildman–Crippen MR) is 126 cm³/mol. The molecule has 0 aliphatic carbocycles. The van der Waals surface area contributed by atoms with Crippen LogP contribution in [0.4, 0.5) is 0 Å². The van der Waals surface area contributed by atoms with E-state index in [1.54, 1.807) is 55.6 Å². The molecule has 3 rings (SSSR count). The van der Waals surface area contributed by atoms with E-state index in [-0.39, 0.29) is 12.5 Å². The van der Waals surface area contributed by atoms with Gasteiger partial charge < -0.3 is 14.2 Å². The Morgan fingerprint density at radius 2 is 1.48 bits per heavy atom. The Labute approximate surface area is 193 Å². The number of amides is 1. The van der Waals surface area contributed by atoms with Gasteiger partial charge in [-0.1, -0.05) is 26.0 Å². The minimum atomic E-state index is -0.467. The number of carbonyl (C=O) groups is 2. The number of ether oxygens (including phenoxy) is 3. The van der Waals surface area contributed by atoms with Crippen LogP contribution in [0.2, 0.25) is 0 Å². The first-order chi connectivity index (χ1) is 15.9. The molecule has 0 saturated heterocycles. The summed E-state index contributed by atoms with van der Waals surface area (Å²) in [5, 5.41) is 3.92. The van der Waals surface area contributed by atoms with Gasteiger partial charge in [-0.2, -0.15) is 5.10 Å². The summed E-state index contributed by atoms with van der Waals surface area (Å²) >= 11 is 0. The number of nitrogens with one attached hydrogen (secondary N) is 1. The summed E-state index contributed by atoms with van der Waals surface area (Å²) in [6.45, 7) is 4.09. The van der Waals surface area contributed by atoms with Crippen LogP contribution in [0.15, 0.2) is 77.9 Å². The number of rotatable bonds is 9. The van der Waals surface area contributed by atoms with E-state index in [0.717, 1.165) is 5.56 Å². The van der Waals surface area contributed by atoms with Gasteiger partial charge in [-0.25, -0.2) is 10.2 Å². The molecule has 3 aromatic carbocycles. The summed E-state index contributed by atoms with van der Waals surface area (Å²) in [7, 11) is 1.56. The highest BCUT2D eigenvalue weighted by molar-refractivity contribution is 5.91. The molecule has 33 heavy (non-hydrogen) atoms. The Morgan fingerprint density at radius 3 is 2.09 bits per heavy atom. The largest absolute Gasteiger partial charge is 0.497 e. The van der Waals surface area contributed by atoms with E-state index >= 15 is 0 Å². The third-order valence-corrected chi connectivity index (χ3v) is 4.74. The van der Waals surface area contributed by atoms with Crippen LogP contribution in [-0.2, 0) is 4.79 Å². The fourth-order valence-corrected chi connectivity index (χ4v) is 2.82. The normalized spacial score (nSPS) is 10.8.